The van der Waals surface area contributed by atoms with Gasteiger partial charge in [0.05, 0.1) is 6.54 Å². The highest BCUT2D eigenvalue weighted by atomic mass is 16.6. The second-order valence-corrected chi connectivity index (χ2v) is 5.57. The lowest BCUT2D eigenvalue weighted by Crippen LogP contribution is -2.32. The minimum absolute atomic E-state index is 0.259. The van der Waals surface area contributed by atoms with Crippen molar-refractivity contribution in [1.29, 1.82) is 0 Å². The highest BCUT2D eigenvalue weighted by molar-refractivity contribution is 5.89. The van der Waals surface area contributed by atoms with Gasteiger partial charge in [0.15, 0.2) is 0 Å². The lowest BCUT2D eigenvalue weighted by molar-refractivity contribution is 0.181. The fourth-order valence-corrected chi connectivity index (χ4v) is 2.89. The van der Waals surface area contributed by atoms with Gasteiger partial charge >= 0.3 is 6.09 Å². The summed E-state index contributed by atoms with van der Waals surface area (Å²) in [6.07, 6.45) is 4.12. The fraction of sp³-hybridized carbons (Fsp3) is 0.533. The van der Waals surface area contributed by atoms with Gasteiger partial charge in [-0.25, -0.2) is 4.79 Å². The predicted molar refractivity (Wildman–Crippen MR) is 79.0 cm³/mol. The molecule has 108 valence electrons. The molecule has 3 rings (SSSR count). The van der Waals surface area contributed by atoms with Crippen molar-refractivity contribution in [3.8, 4) is 0 Å². The number of carbonyl (C=O) groups is 1. The van der Waals surface area contributed by atoms with Crippen LogP contribution < -0.4 is 16.0 Å². The summed E-state index contributed by atoms with van der Waals surface area (Å²) >= 11 is 0. The molecule has 1 saturated carbocycles. The summed E-state index contributed by atoms with van der Waals surface area (Å²) in [6, 6.07) is 8.81. The lowest BCUT2D eigenvalue weighted by atomic mass is 9.91. The van der Waals surface area contributed by atoms with Crippen molar-refractivity contribution in [3.05, 3.63) is 24.3 Å². The molecular formula is C15H21N3O2. The first kappa shape index (κ1) is 13.2. The van der Waals surface area contributed by atoms with Crippen LogP contribution in [0.1, 0.15) is 25.7 Å². The molecule has 1 saturated heterocycles. The molecular weight excluding hydrogens is 254 g/mol. The molecule has 20 heavy (non-hydrogen) atoms. The average Bonchev–Trinajstić information content (AvgIpc) is 2.88. The lowest BCUT2D eigenvalue weighted by Gasteiger charge is -2.28. The van der Waals surface area contributed by atoms with Crippen LogP contribution in [0.3, 0.4) is 0 Å². The number of rotatable bonds is 3. The molecule has 0 spiro atoms. The van der Waals surface area contributed by atoms with Crippen molar-refractivity contribution < 1.29 is 9.53 Å². The topological polar surface area (TPSA) is 67.6 Å². The van der Waals surface area contributed by atoms with E-state index in [1.165, 1.54) is 0 Å². The van der Waals surface area contributed by atoms with Crippen LogP contribution in [0.5, 0.6) is 0 Å². The molecule has 0 radical (unpaired) electrons. The van der Waals surface area contributed by atoms with Crippen LogP contribution in [-0.4, -0.2) is 31.3 Å². The number of benzene rings is 1. The zero-order chi connectivity index (χ0) is 13.9. The summed E-state index contributed by atoms with van der Waals surface area (Å²) in [6.45, 7) is 1.09. The molecule has 0 aromatic heterocycles. The van der Waals surface area contributed by atoms with E-state index in [9.17, 15) is 4.79 Å². The molecule has 5 nitrogen and oxygen atoms in total. The molecule has 3 N–H and O–H groups in total. The Balaban J connectivity index is 1.66. The van der Waals surface area contributed by atoms with Gasteiger partial charge in [-0.15, -0.1) is 0 Å². The third-order valence-corrected chi connectivity index (χ3v) is 4.06. The van der Waals surface area contributed by atoms with Gasteiger partial charge in [-0.1, -0.05) is 6.07 Å². The summed E-state index contributed by atoms with van der Waals surface area (Å²) < 4.78 is 4.97. The molecule has 2 fully saturated rings. The number of hydrogen-bond donors (Lipinski definition) is 2. The molecule has 0 atom stereocenters. The van der Waals surface area contributed by atoms with Gasteiger partial charge in [0, 0.05) is 23.5 Å². The fourth-order valence-electron chi connectivity index (χ4n) is 2.89. The first-order chi connectivity index (χ1) is 9.72. The van der Waals surface area contributed by atoms with Crippen molar-refractivity contribution in [2.24, 2.45) is 5.73 Å². The van der Waals surface area contributed by atoms with E-state index in [4.69, 9.17) is 10.5 Å². The zero-order valence-electron chi connectivity index (χ0n) is 11.5. The van der Waals surface area contributed by atoms with Gasteiger partial charge < -0.3 is 15.8 Å². The first-order valence-corrected chi connectivity index (χ1v) is 7.29. The van der Waals surface area contributed by atoms with Crippen LogP contribution in [0, 0.1) is 0 Å². The highest BCUT2D eigenvalue weighted by Gasteiger charge is 2.24. The van der Waals surface area contributed by atoms with E-state index in [0.29, 0.717) is 25.2 Å². The van der Waals surface area contributed by atoms with Gasteiger partial charge in [-0.2, -0.15) is 0 Å². The maximum Gasteiger partial charge on any atom is 0.414 e. The molecule has 1 amide bonds. The zero-order valence-corrected chi connectivity index (χ0v) is 11.5. The van der Waals surface area contributed by atoms with E-state index in [0.717, 1.165) is 37.1 Å². The molecule has 1 aromatic carbocycles. The molecule has 0 bridgehead atoms. The number of nitrogens with two attached hydrogens (primary N) is 1. The van der Waals surface area contributed by atoms with Crippen molar-refractivity contribution >= 4 is 17.5 Å². The first-order valence-electron chi connectivity index (χ1n) is 7.29. The third-order valence-electron chi connectivity index (χ3n) is 4.06. The Morgan fingerprint density at radius 3 is 2.75 bits per heavy atom. The Bertz CT molecular complexity index is 484. The van der Waals surface area contributed by atoms with Crippen LogP contribution in [0.2, 0.25) is 0 Å². The van der Waals surface area contributed by atoms with Crippen LogP contribution >= 0.6 is 0 Å². The molecule has 5 heteroatoms. The largest absolute Gasteiger partial charge is 0.447 e. The summed E-state index contributed by atoms with van der Waals surface area (Å²) in [5.74, 6) is 0. The quantitative estimate of drug-likeness (QED) is 0.888. The second-order valence-electron chi connectivity index (χ2n) is 5.57. The maximum absolute atomic E-state index is 11.6. The van der Waals surface area contributed by atoms with Crippen LogP contribution in [0.25, 0.3) is 0 Å². The number of hydrogen-bond acceptors (Lipinski definition) is 4. The number of nitrogens with zero attached hydrogens (tertiary/aromatic N) is 1. The monoisotopic (exact) mass is 275 g/mol. The van der Waals surface area contributed by atoms with E-state index in [-0.39, 0.29) is 6.09 Å². The van der Waals surface area contributed by atoms with Gasteiger partial charge in [-0.3, -0.25) is 4.90 Å². The summed E-state index contributed by atoms with van der Waals surface area (Å²) in [4.78, 5) is 13.3. The Kier molecular flexibility index (Phi) is 3.78. The van der Waals surface area contributed by atoms with Crippen molar-refractivity contribution in [1.82, 2.24) is 0 Å². The summed E-state index contributed by atoms with van der Waals surface area (Å²) in [5.41, 5.74) is 7.88. The maximum atomic E-state index is 11.6. The minimum Gasteiger partial charge on any atom is -0.447 e. The van der Waals surface area contributed by atoms with Crippen LogP contribution in [-0.2, 0) is 4.74 Å². The van der Waals surface area contributed by atoms with Gasteiger partial charge in [0.2, 0.25) is 0 Å². The van der Waals surface area contributed by atoms with Gasteiger partial charge in [0.25, 0.3) is 0 Å². The average molecular weight is 275 g/mol. The van der Waals surface area contributed by atoms with Crippen molar-refractivity contribution in [3.63, 3.8) is 0 Å². The normalized spacial score (nSPS) is 26.4. The van der Waals surface area contributed by atoms with E-state index >= 15 is 0 Å². The second kappa shape index (κ2) is 5.71. The van der Waals surface area contributed by atoms with E-state index in [1.807, 2.05) is 24.3 Å². The Hall–Kier alpha value is -1.75. The Labute approximate surface area is 119 Å². The van der Waals surface area contributed by atoms with Crippen LogP contribution in [0.4, 0.5) is 16.2 Å². The van der Waals surface area contributed by atoms with E-state index < -0.39 is 0 Å². The highest BCUT2D eigenvalue weighted by Crippen LogP contribution is 2.25. The van der Waals surface area contributed by atoms with Gasteiger partial charge in [-0.05, 0) is 43.9 Å². The number of anilines is 2. The number of amides is 1. The molecule has 0 unspecified atom stereocenters. The number of carbonyl (C=O) groups excluding carboxylic acids is 1. The van der Waals surface area contributed by atoms with Crippen LogP contribution in [0.15, 0.2) is 24.3 Å². The molecule has 1 heterocycles. The van der Waals surface area contributed by atoms with E-state index in [1.54, 1.807) is 4.90 Å². The molecule has 1 aliphatic heterocycles. The van der Waals surface area contributed by atoms with Crippen molar-refractivity contribution in [2.45, 2.75) is 37.8 Å². The van der Waals surface area contributed by atoms with Crippen molar-refractivity contribution in [2.75, 3.05) is 23.4 Å². The minimum atomic E-state index is -0.259. The summed E-state index contributed by atoms with van der Waals surface area (Å²) in [7, 11) is 0. The molecule has 1 aromatic rings. The van der Waals surface area contributed by atoms with E-state index in [2.05, 4.69) is 5.32 Å². The Morgan fingerprint density at radius 2 is 2.05 bits per heavy atom. The SMILES string of the molecule is NC1CCC(Nc2cccc(N3CCOC3=O)c2)CC1. The number of ether oxygens (including phenoxy) is 1. The number of cyclic esters (lactones) is 1. The number of nitrogens with one attached hydrogen (secondary N) is 1. The molecule has 1 aliphatic carbocycles. The van der Waals surface area contributed by atoms with Gasteiger partial charge in [0.1, 0.15) is 6.61 Å². The third kappa shape index (κ3) is 2.88. The predicted octanol–water partition coefficient (Wildman–Crippen LogP) is 2.33. The smallest absolute Gasteiger partial charge is 0.414 e. The standard InChI is InChI=1S/C15H21N3O2/c16-11-4-6-12(7-5-11)17-13-2-1-3-14(10-13)18-8-9-20-15(18)19/h1-3,10-12,17H,4-9,16H2. The Morgan fingerprint density at radius 1 is 1.25 bits per heavy atom. The summed E-state index contributed by atoms with van der Waals surface area (Å²) in [5, 5.41) is 3.55. The molecule has 2 aliphatic rings.